The fourth-order valence-electron chi connectivity index (χ4n) is 3.46. The van der Waals surface area contributed by atoms with Crippen LogP contribution in [0.15, 0.2) is 48.5 Å². The number of amides is 1. The van der Waals surface area contributed by atoms with Crippen molar-refractivity contribution in [1.82, 2.24) is 9.80 Å². The third-order valence-corrected chi connectivity index (χ3v) is 5.11. The van der Waals surface area contributed by atoms with E-state index in [1.807, 2.05) is 18.2 Å². The molecule has 1 saturated heterocycles. The lowest BCUT2D eigenvalue weighted by molar-refractivity contribution is -0.111. The van der Waals surface area contributed by atoms with Crippen molar-refractivity contribution in [3.05, 3.63) is 59.7 Å². The fourth-order valence-corrected chi connectivity index (χ4v) is 3.46. The standard InChI is InChI=1S/C24H29F2N3O3/c1-3-31-22-16-18(7-9-21(22)32-24(25)26)8-10-23(30)27-20-6-4-5-19(15-20)17-29-13-11-28(2)12-14-29/h4-10,15-16,24H,3,11-14,17H2,1-2H3,(H,27,30)/b10-8+. The number of hydrogen-bond donors (Lipinski definition) is 1. The molecule has 1 fully saturated rings. The number of carbonyl (C=O) groups is 1. The second kappa shape index (κ2) is 11.6. The van der Waals surface area contributed by atoms with Crippen LogP contribution >= 0.6 is 0 Å². The number of ether oxygens (including phenoxy) is 2. The molecule has 0 saturated carbocycles. The topological polar surface area (TPSA) is 54.0 Å². The largest absolute Gasteiger partial charge is 0.490 e. The monoisotopic (exact) mass is 445 g/mol. The zero-order valence-corrected chi connectivity index (χ0v) is 18.4. The number of nitrogens with zero attached hydrogens (tertiary/aromatic N) is 2. The van der Waals surface area contributed by atoms with Gasteiger partial charge in [-0.2, -0.15) is 8.78 Å². The van der Waals surface area contributed by atoms with Gasteiger partial charge in [0.05, 0.1) is 6.61 Å². The normalized spacial score (nSPS) is 15.3. The summed E-state index contributed by atoms with van der Waals surface area (Å²) in [7, 11) is 2.13. The van der Waals surface area contributed by atoms with Gasteiger partial charge in [-0.1, -0.05) is 18.2 Å². The molecule has 1 amide bonds. The third-order valence-electron chi connectivity index (χ3n) is 5.11. The highest BCUT2D eigenvalue weighted by Gasteiger charge is 2.14. The Labute approximate surface area is 187 Å². The summed E-state index contributed by atoms with van der Waals surface area (Å²) in [5.41, 5.74) is 2.50. The van der Waals surface area contributed by atoms with E-state index in [0.29, 0.717) is 12.2 Å². The van der Waals surface area contributed by atoms with Crippen LogP contribution in [-0.2, 0) is 11.3 Å². The number of likely N-dealkylation sites (N-methyl/N-ethyl adjacent to an activating group) is 1. The quantitative estimate of drug-likeness (QED) is 0.590. The van der Waals surface area contributed by atoms with Gasteiger partial charge in [0, 0.05) is 44.5 Å². The van der Waals surface area contributed by atoms with Crippen molar-refractivity contribution in [1.29, 1.82) is 0 Å². The predicted octanol–water partition coefficient (Wildman–Crippen LogP) is 4.09. The van der Waals surface area contributed by atoms with Crippen LogP contribution in [0.5, 0.6) is 11.5 Å². The molecule has 172 valence electrons. The number of rotatable bonds is 9. The molecule has 1 heterocycles. The first-order valence-corrected chi connectivity index (χ1v) is 10.6. The van der Waals surface area contributed by atoms with Gasteiger partial charge in [0.1, 0.15) is 0 Å². The summed E-state index contributed by atoms with van der Waals surface area (Å²) >= 11 is 0. The number of anilines is 1. The van der Waals surface area contributed by atoms with Crippen LogP contribution in [0, 0.1) is 0 Å². The van der Waals surface area contributed by atoms with Crippen LogP contribution in [-0.4, -0.2) is 62.2 Å². The number of halogens is 2. The van der Waals surface area contributed by atoms with Gasteiger partial charge in [-0.25, -0.2) is 0 Å². The molecule has 0 bridgehead atoms. The van der Waals surface area contributed by atoms with Gasteiger partial charge in [-0.3, -0.25) is 9.69 Å². The summed E-state index contributed by atoms with van der Waals surface area (Å²) in [6.45, 7) is 4.14. The molecule has 0 atom stereocenters. The summed E-state index contributed by atoms with van der Waals surface area (Å²) in [6.07, 6.45) is 2.99. The number of piperazine rings is 1. The molecule has 3 rings (SSSR count). The third kappa shape index (κ3) is 7.32. The average molecular weight is 446 g/mol. The Hall–Kier alpha value is -2.97. The van der Waals surface area contributed by atoms with Gasteiger partial charge in [-0.05, 0) is 55.4 Å². The van der Waals surface area contributed by atoms with E-state index in [1.54, 1.807) is 25.1 Å². The van der Waals surface area contributed by atoms with Crippen LogP contribution in [0.4, 0.5) is 14.5 Å². The van der Waals surface area contributed by atoms with Gasteiger partial charge in [-0.15, -0.1) is 0 Å². The van der Waals surface area contributed by atoms with Crippen molar-refractivity contribution < 1.29 is 23.0 Å². The summed E-state index contributed by atoms with van der Waals surface area (Å²) in [4.78, 5) is 17.1. The van der Waals surface area contributed by atoms with E-state index in [9.17, 15) is 13.6 Å². The molecular formula is C24H29F2N3O3. The molecule has 0 spiro atoms. The van der Waals surface area contributed by atoms with Gasteiger partial charge >= 0.3 is 6.61 Å². The van der Waals surface area contributed by atoms with Gasteiger partial charge in [0.15, 0.2) is 11.5 Å². The number of nitrogens with one attached hydrogen (secondary N) is 1. The SMILES string of the molecule is CCOc1cc(/C=C/C(=O)Nc2cccc(CN3CCN(C)CC3)c2)ccc1OC(F)F. The lowest BCUT2D eigenvalue weighted by atomic mass is 10.1. The Bertz CT molecular complexity index is 928. The van der Waals surface area contributed by atoms with E-state index >= 15 is 0 Å². The molecular weight excluding hydrogens is 416 g/mol. The Kier molecular flexibility index (Phi) is 8.58. The van der Waals surface area contributed by atoms with E-state index in [4.69, 9.17) is 4.74 Å². The fraction of sp³-hybridized carbons (Fsp3) is 0.375. The highest BCUT2D eigenvalue weighted by atomic mass is 19.3. The van der Waals surface area contributed by atoms with E-state index in [-0.39, 0.29) is 17.4 Å². The van der Waals surface area contributed by atoms with Crippen molar-refractivity contribution in [2.45, 2.75) is 20.1 Å². The Morgan fingerprint density at radius 1 is 1.12 bits per heavy atom. The van der Waals surface area contributed by atoms with Crippen LogP contribution < -0.4 is 14.8 Å². The highest BCUT2D eigenvalue weighted by Crippen LogP contribution is 2.30. The van der Waals surface area contributed by atoms with Gasteiger partial charge in [0.25, 0.3) is 0 Å². The Morgan fingerprint density at radius 3 is 2.62 bits per heavy atom. The van der Waals surface area contributed by atoms with Gasteiger partial charge < -0.3 is 19.7 Å². The summed E-state index contributed by atoms with van der Waals surface area (Å²) in [5, 5.41) is 2.87. The first kappa shape index (κ1) is 23.7. The molecule has 32 heavy (non-hydrogen) atoms. The number of hydrogen-bond acceptors (Lipinski definition) is 5. The van der Waals surface area contributed by atoms with Crippen LogP contribution in [0.25, 0.3) is 6.08 Å². The Balaban J connectivity index is 1.60. The lowest BCUT2D eigenvalue weighted by Crippen LogP contribution is -2.43. The van der Waals surface area contributed by atoms with E-state index in [2.05, 4.69) is 33.0 Å². The minimum Gasteiger partial charge on any atom is -0.490 e. The predicted molar refractivity (Wildman–Crippen MR) is 121 cm³/mol. The number of alkyl halides is 2. The van der Waals surface area contributed by atoms with Crippen LogP contribution in [0.3, 0.4) is 0 Å². The molecule has 1 N–H and O–H groups in total. The first-order chi connectivity index (χ1) is 15.4. The lowest BCUT2D eigenvalue weighted by Gasteiger charge is -2.32. The average Bonchev–Trinajstić information content (AvgIpc) is 2.76. The van der Waals surface area contributed by atoms with E-state index in [1.165, 1.54) is 12.1 Å². The van der Waals surface area contributed by atoms with Gasteiger partial charge in [0.2, 0.25) is 5.91 Å². The van der Waals surface area contributed by atoms with E-state index in [0.717, 1.165) is 44.0 Å². The van der Waals surface area contributed by atoms with Crippen molar-refractivity contribution in [3.8, 4) is 11.5 Å². The molecule has 2 aromatic carbocycles. The summed E-state index contributed by atoms with van der Waals surface area (Å²) in [5.74, 6) is -0.125. The smallest absolute Gasteiger partial charge is 0.387 e. The van der Waals surface area contributed by atoms with Crippen LogP contribution in [0.2, 0.25) is 0 Å². The molecule has 0 radical (unpaired) electrons. The second-order valence-electron chi connectivity index (χ2n) is 7.62. The van der Waals surface area contributed by atoms with Crippen molar-refractivity contribution in [2.75, 3.05) is 45.2 Å². The zero-order valence-electron chi connectivity index (χ0n) is 18.4. The molecule has 8 heteroatoms. The minimum absolute atomic E-state index is 0.0411. The van der Waals surface area contributed by atoms with Crippen molar-refractivity contribution in [2.24, 2.45) is 0 Å². The maximum atomic E-state index is 12.5. The molecule has 1 aliphatic rings. The zero-order chi connectivity index (χ0) is 22.9. The first-order valence-electron chi connectivity index (χ1n) is 10.6. The molecule has 1 aliphatic heterocycles. The second-order valence-corrected chi connectivity index (χ2v) is 7.62. The molecule has 2 aromatic rings. The molecule has 0 aromatic heterocycles. The number of benzene rings is 2. The summed E-state index contributed by atoms with van der Waals surface area (Å²) < 4.78 is 34.9. The number of carbonyl (C=O) groups excluding carboxylic acids is 1. The maximum Gasteiger partial charge on any atom is 0.387 e. The molecule has 0 unspecified atom stereocenters. The maximum absolute atomic E-state index is 12.5. The molecule has 0 aliphatic carbocycles. The van der Waals surface area contributed by atoms with Crippen molar-refractivity contribution >= 4 is 17.7 Å². The molecule has 6 nitrogen and oxygen atoms in total. The highest BCUT2D eigenvalue weighted by molar-refractivity contribution is 6.02. The van der Waals surface area contributed by atoms with Crippen LogP contribution in [0.1, 0.15) is 18.1 Å². The van der Waals surface area contributed by atoms with E-state index < -0.39 is 6.61 Å². The van der Waals surface area contributed by atoms with Crippen molar-refractivity contribution in [3.63, 3.8) is 0 Å². The minimum atomic E-state index is -2.94. The Morgan fingerprint density at radius 2 is 1.91 bits per heavy atom. The summed E-state index contributed by atoms with van der Waals surface area (Å²) in [6, 6.07) is 12.4.